The maximum absolute atomic E-state index is 2.29. The van der Waals surface area contributed by atoms with Crippen LogP contribution in [0.5, 0.6) is 0 Å². The molecule has 0 spiro atoms. The van der Waals surface area contributed by atoms with E-state index in [0.717, 1.165) is 9.52 Å². The van der Waals surface area contributed by atoms with Crippen LogP contribution < -0.4 is 24.8 Å². The molecule has 2 aromatic carbocycles. The predicted molar refractivity (Wildman–Crippen MR) is 119 cm³/mol. The molecular formula is C24H41Cl2SiTa-2. The van der Waals surface area contributed by atoms with Crippen molar-refractivity contribution in [3.63, 3.8) is 0 Å². The van der Waals surface area contributed by atoms with E-state index in [1.54, 1.807) is 0 Å². The van der Waals surface area contributed by atoms with Crippen LogP contribution in [0.1, 0.15) is 74.9 Å². The summed E-state index contributed by atoms with van der Waals surface area (Å²) in [5, 5.41) is 0. The first-order valence-electron chi connectivity index (χ1n) is 9.46. The van der Waals surface area contributed by atoms with E-state index in [2.05, 4.69) is 107 Å². The number of hydrogen-bond acceptors (Lipinski definition) is 0. The van der Waals surface area contributed by atoms with E-state index < -0.39 is 0 Å². The quantitative estimate of drug-likeness (QED) is 0.311. The Morgan fingerprint density at radius 2 is 0.857 bits per heavy atom. The van der Waals surface area contributed by atoms with Gasteiger partial charge in [-0.05, 0) is 10.8 Å². The van der Waals surface area contributed by atoms with Crippen LogP contribution in [0.4, 0.5) is 0 Å². The number of halogens is 2. The van der Waals surface area contributed by atoms with Crippen LogP contribution in [0.3, 0.4) is 0 Å². The van der Waals surface area contributed by atoms with Gasteiger partial charge in [0.25, 0.3) is 0 Å². The van der Waals surface area contributed by atoms with Gasteiger partial charge < -0.3 is 24.8 Å². The molecular weight excluding hydrogens is 568 g/mol. The summed E-state index contributed by atoms with van der Waals surface area (Å²) in [5.74, 6) is 0. The van der Waals surface area contributed by atoms with Gasteiger partial charge in [0.15, 0.2) is 0 Å². The minimum absolute atomic E-state index is 0. The van der Waals surface area contributed by atoms with Gasteiger partial charge >= 0.3 is 22.4 Å². The SMILES string of the molecule is C[SiH]C.Cc1cc(C(C)(C)C)[cH-]c1C.Cc1cc(C(C)(C)C)[cH-]c1C.[Cl-].[Cl-].[Ta+2]. The zero-order chi connectivity index (χ0) is 20.0. The molecule has 2 rings (SSSR count). The Labute approximate surface area is 206 Å². The Bertz CT molecular complexity index is 545. The Kier molecular flexibility index (Phi) is 19.2. The van der Waals surface area contributed by atoms with Gasteiger partial charge in [-0.15, -0.1) is 0 Å². The van der Waals surface area contributed by atoms with E-state index >= 15 is 0 Å². The molecule has 0 nitrogen and oxygen atoms in total. The summed E-state index contributed by atoms with van der Waals surface area (Å²) < 4.78 is 0. The molecule has 28 heavy (non-hydrogen) atoms. The van der Waals surface area contributed by atoms with Gasteiger partial charge in [0.2, 0.25) is 0 Å². The van der Waals surface area contributed by atoms with Crippen molar-refractivity contribution in [2.24, 2.45) is 0 Å². The van der Waals surface area contributed by atoms with Gasteiger partial charge in [-0.3, -0.25) is 0 Å². The van der Waals surface area contributed by atoms with Gasteiger partial charge in [0.1, 0.15) is 0 Å². The minimum Gasteiger partial charge on any atom is -1.00 e. The smallest absolute Gasteiger partial charge is 1.00 e. The third-order valence-corrected chi connectivity index (χ3v) is 4.46. The fraction of sp³-hybridized carbons (Fsp3) is 0.583. The first-order valence-corrected chi connectivity index (χ1v) is 11.8. The zero-order valence-electron chi connectivity index (χ0n) is 20.1. The van der Waals surface area contributed by atoms with E-state index in [9.17, 15) is 0 Å². The van der Waals surface area contributed by atoms with E-state index in [1.807, 2.05) is 0 Å². The molecule has 0 unspecified atom stereocenters. The largest absolute Gasteiger partial charge is 2.00 e. The second kappa shape index (κ2) is 15.1. The second-order valence-corrected chi connectivity index (χ2v) is 10.5. The van der Waals surface area contributed by atoms with E-state index in [4.69, 9.17) is 0 Å². The average Bonchev–Trinajstić information content (AvgIpc) is 2.95. The van der Waals surface area contributed by atoms with Crippen LogP contribution in [0.25, 0.3) is 0 Å². The van der Waals surface area contributed by atoms with Crippen molar-refractivity contribution in [1.82, 2.24) is 0 Å². The third-order valence-electron chi connectivity index (χ3n) is 4.46. The number of hydrogen-bond donors (Lipinski definition) is 0. The standard InChI is InChI=1S/2C11H17.C2H7Si.2ClH.Ta/c2*1-8-6-10(7-9(8)2)11(3,4)5;1-3-2;;;/h2*6-7H,1-5H3;3H,1-2H3;2*1H;/q2*-1;;;;+2/p-2. The molecule has 0 amide bonds. The molecule has 2 aromatic rings. The topological polar surface area (TPSA) is 0 Å². The van der Waals surface area contributed by atoms with Crippen molar-refractivity contribution < 1.29 is 47.2 Å². The molecule has 2 radical (unpaired) electrons. The normalized spacial score (nSPS) is 10.1. The minimum atomic E-state index is 0. The maximum Gasteiger partial charge on any atom is 2.00 e. The van der Waals surface area contributed by atoms with Gasteiger partial charge in [0.05, 0.1) is 0 Å². The van der Waals surface area contributed by atoms with E-state index in [1.165, 1.54) is 33.4 Å². The Balaban J connectivity index is -0.000000165. The Morgan fingerprint density at radius 3 is 0.929 bits per heavy atom. The van der Waals surface area contributed by atoms with Crippen molar-refractivity contribution in [2.45, 2.75) is 93.2 Å². The van der Waals surface area contributed by atoms with Gasteiger partial charge in [-0.1, -0.05) is 82.3 Å². The summed E-state index contributed by atoms with van der Waals surface area (Å²) in [4.78, 5) is 0. The molecule has 0 N–H and O–H groups in total. The summed E-state index contributed by atoms with van der Waals surface area (Å²) in [5.41, 5.74) is 9.16. The molecule has 0 fully saturated rings. The third kappa shape index (κ3) is 12.7. The number of aryl methyl sites for hydroxylation is 4. The van der Waals surface area contributed by atoms with Crippen molar-refractivity contribution in [3.05, 3.63) is 57.6 Å². The molecule has 0 aliphatic carbocycles. The maximum atomic E-state index is 2.29. The molecule has 0 aliphatic heterocycles. The molecule has 0 heterocycles. The number of rotatable bonds is 0. The van der Waals surface area contributed by atoms with E-state index in [0.29, 0.717) is 10.8 Å². The molecule has 0 atom stereocenters. The monoisotopic (exact) mass is 608 g/mol. The first kappa shape index (κ1) is 35.7. The fourth-order valence-corrected chi connectivity index (χ4v) is 2.34. The Hall–Kier alpha value is 0.237. The zero-order valence-corrected chi connectivity index (χ0v) is 26.0. The van der Waals surface area contributed by atoms with Crippen LogP contribution in [0, 0.1) is 27.7 Å². The molecule has 0 aliphatic rings. The van der Waals surface area contributed by atoms with Gasteiger partial charge in [-0.25, -0.2) is 12.1 Å². The van der Waals surface area contributed by atoms with E-state index in [-0.39, 0.29) is 47.2 Å². The van der Waals surface area contributed by atoms with Crippen LogP contribution >= 0.6 is 0 Å². The second-order valence-electron chi connectivity index (χ2n) is 9.30. The average molecular weight is 610 g/mol. The fourth-order valence-electron chi connectivity index (χ4n) is 2.34. The summed E-state index contributed by atoms with van der Waals surface area (Å²) in [6.45, 7) is 26.6. The summed E-state index contributed by atoms with van der Waals surface area (Å²) in [7, 11) is 0.750. The van der Waals surface area contributed by atoms with Crippen molar-refractivity contribution in [2.75, 3.05) is 0 Å². The summed E-state index contributed by atoms with van der Waals surface area (Å²) in [6.07, 6.45) is 0. The van der Waals surface area contributed by atoms with Crippen molar-refractivity contribution in [3.8, 4) is 0 Å². The molecule has 162 valence electrons. The van der Waals surface area contributed by atoms with Crippen LogP contribution in [-0.2, 0) is 33.2 Å². The molecule has 0 saturated heterocycles. The predicted octanol–water partition coefficient (Wildman–Crippen LogP) is 1.16. The Morgan fingerprint density at radius 1 is 0.643 bits per heavy atom. The molecule has 0 bridgehead atoms. The molecule has 0 aromatic heterocycles. The van der Waals surface area contributed by atoms with Crippen molar-refractivity contribution in [1.29, 1.82) is 0 Å². The van der Waals surface area contributed by atoms with Crippen molar-refractivity contribution >= 4 is 9.52 Å². The first-order chi connectivity index (χ1) is 11.2. The van der Waals surface area contributed by atoms with Gasteiger partial charge in [0, 0.05) is 9.52 Å². The van der Waals surface area contributed by atoms with Crippen LogP contribution in [0.15, 0.2) is 24.3 Å². The molecule has 4 heteroatoms. The summed E-state index contributed by atoms with van der Waals surface area (Å²) in [6, 6.07) is 9.15. The van der Waals surface area contributed by atoms with Gasteiger partial charge in [-0.2, -0.15) is 45.5 Å². The van der Waals surface area contributed by atoms with Crippen LogP contribution in [-0.4, -0.2) is 9.52 Å². The van der Waals surface area contributed by atoms with Crippen LogP contribution in [0.2, 0.25) is 13.1 Å². The summed E-state index contributed by atoms with van der Waals surface area (Å²) >= 11 is 0. The molecule has 0 saturated carbocycles.